The van der Waals surface area contributed by atoms with E-state index in [1.807, 2.05) is 6.92 Å². The van der Waals surface area contributed by atoms with Crippen LogP contribution in [0.1, 0.15) is 30.6 Å². The third-order valence-corrected chi connectivity index (χ3v) is 4.21. The van der Waals surface area contributed by atoms with Gasteiger partial charge in [0.25, 0.3) is 5.91 Å². The van der Waals surface area contributed by atoms with Crippen LogP contribution in [0.5, 0.6) is 0 Å². The number of amides is 1. The van der Waals surface area contributed by atoms with E-state index >= 15 is 0 Å². The standard InChI is InChI=1S/C16H17Cl2N3O3/c1-3-10(2)20(9-15(22)23)16(24)11-7-19-21(8-11)14-5-4-12(17)6-13(14)18/h4-8,10H,3,9H2,1-2H3,(H,22,23). The van der Waals surface area contributed by atoms with Gasteiger partial charge >= 0.3 is 5.97 Å². The maximum atomic E-state index is 12.6. The molecule has 0 aliphatic rings. The highest BCUT2D eigenvalue weighted by Gasteiger charge is 2.24. The van der Waals surface area contributed by atoms with Crippen LogP contribution in [0.2, 0.25) is 10.0 Å². The van der Waals surface area contributed by atoms with Crippen molar-refractivity contribution >= 4 is 35.1 Å². The molecule has 0 aliphatic heterocycles. The normalized spacial score (nSPS) is 12.0. The van der Waals surface area contributed by atoms with Gasteiger partial charge in [0.05, 0.1) is 22.5 Å². The Morgan fingerprint density at radius 3 is 2.67 bits per heavy atom. The summed E-state index contributed by atoms with van der Waals surface area (Å²) in [5.41, 5.74) is 0.871. The van der Waals surface area contributed by atoms with E-state index in [1.165, 1.54) is 22.0 Å². The SMILES string of the molecule is CCC(C)N(CC(=O)O)C(=O)c1cnn(-c2ccc(Cl)cc2Cl)c1. The lowest BCUT2D eigenvalue weighted by Gasteiger charge is -2.26. The minimum atomic E-state index is -1.06. The molecule has 1 amide bonds. The van der Waals surface area contributed by atoms with E-state index in [0.29, 0.717) is 27.7 Å². The van der Waals surface area contributed by atoms with E-state index in [4.69, 9.17) is 28.3 Å². The van der Waals surface area contributed by atoms with Gasteiger partial charge in [-0.05, 0) is 31.5 Å². The second kappa shape index (κ2) is 7.68. The highest BCUT2D eigenvalue weighted by Crippen LogP contribution is 2.24. The number of benzene rings is 1. The Morgan fingerprint density at radius 1 is 1.38 bits per heavy atom. The number of carboxylic acids is 1. The molecule has 128 valence electrons. The van der Waals surface area contributed by atoms with Gasteiger partial charge in [-0.15, -0.1) is 0 Å². The average Bonchev–Trinajstić information content (AvgIpc) is 3.00. The third kappa shape index (κ3) is 4.07. The number of hydrogen-bond donors (Lipinski definition) is 1. The summed E-state index contributed by atoms with van der Waals surface area (Å²) in [5, 5.41) is 14.1. The molecular formula is C16H17Cl2N3O3. The van der Waals surface area contributed by atoms with Gasteiger partial charge in [0, 0.05) is 17.3 Å². The molecule has 1 unspecified atom stereocenters. The Kier molecular flexibility index (Phi) is 5.85. The van der Waals surface area contributed by atoms with Crippen molar-refractivity contribution in [3.63, 3.8) is 0 Å². The van der Waals surface area contributed by atoms with E-state index in [-0.39, 0.29) is 18.5 Å². The molecule has 2 rings (SSSR count). The van der Waals surface area contributed by atoms with Gasteiger partial charge in [-0.2, -0.15) is 5.10 Å². The molecule has 8 heteroatoms. The molecule has 0 aliphatic carbocycles. The van der Waals surface area contributed by atoms with Gasteiger partial charge in [-0.1, -0.05) is 30.1 Å². The summed E-state index contributed by atoms with van der Waals surface area (Å²) < 4.78 is 1.46. The number of hydrogen-bond acceptors (Lipinski definition) is 3. The summed E-state index contributed by atoms with van der Waals surface area (Å²) in [4.78, 5) is 25.0. The fourth-order valence-corrected chi connectivity index (χ4v) is 2.69. The molecule has 0 bridgehead atoms. The zero-order valence-corrected chi connectivity index (χ0v) is 14.8. The third-order valence-electron chi connectivity index (χ3n) is 3.68. The van der Waals surface area contributed by atoms with E-state index in [2.05, 4.69) is 5.10 Å². The summed E-state index contributed by atoms with van der Waals surface area (Å²) in [6.07, 6.45) is 3.56. The minimum Gasteiger partial charge on any atom is -0.480 e. The van der Waals surface area contributed by atoms with Crippen molar-refractivity contribution < 1.29 is 14.7 Å². The van der Waals surface area contributed by atoms with Crippen molar-refractivity contribution in [3.05, 3.63) is 46.2 Å². The molecule has 2 aromatic rings. The second-order valence-electron chi connectivity index (χ2n) is 5.35. The summed E-state index contributed by atoms with van der Waals surface area (Å²) in [6, 6.07) is 4.74. The van der Waals surface area contributed by atoms with Crippen LogP contribution in [0.3, 0.4) is 0 Å². The fraction of sp³-hybridized carbons (Fsp3) is 0.312. The Labute approximate surface area is 149 Å². The van der Waals surface area contributed by atoms with Crippen LogP contribution in [-0.2, 0) is 4.79 Å². The molecule has 24 heavy (non-hydrogen) atoms. The van der Waals surface area contributed by atoms with Crippen molar-refractivity contribution in [2.45, 2.75) is 26.3 Å². The summed E-state index contributed by atoms with van der Waals surface area (Å²) in [6.45, 7) is 3.34. The Bertz CT molecular complexity index is 761. The van der Waals surface area contributed by atoms with Crippen molar-refractivity contribution in [1.29, 1.82) is 0 Å². The van der Waals surface area contributed by atoms with E-state index in [1.54, 1.807) is 25.1 Å². The van der Waals surface area contributed by atoms with Crippen LogP contribution in [0.25, 0.3) is 5.69 Å². The van der Waals surface area contributed by atoms with E-state index in [0.717, 1.165) is 0 Å². The average molecular weight is 370 g/mol. The molecule has 0 radical (unpaired) electrons. The van der Waals surface area contributed by atoms with Crippen molar-refractivity contribution in [2.75, 3.05) is 6.54 Å². The smallest absolute Gasteiger partial charge is 0.323 e. The second-order valence-corrected chi connectivity index (χ2v) is 6.20. The predicted octanol–water partition coefficient (Wildman–Crippen LogP) is 3.50. The van der Waals surface area contributed by atoms with Gasteiger partial charge in [-0.25, -0.2) is 4.68 Å². The van der Waals surface area contributed by atoms with Gasteiger partial charge in [0.2, 0.25) is 0 Å². The van der Waals surface area contributed by atoms with Crippen LogP contribution < -0.4 is 0 Å². The van der Waals surface area contributed by atoms with Gasteiger partial charge in [0.15, 0.2) is 0 Å². The molecule has 0 saturated heterocycles. The highest BCUT2D eigenvalue weighted by atomic mass is 35.5. The minimum absolute atomic E-state index is 0.198. The van der Waals surface area contributed by atoms with Crippen LogP contribution in [0.4, 0.5) is 0 Å². The summed E-state index contributed by atoms with van der Waals surface area (Å²) >= 11 is 12.0. The van der Waals surface area contributed by atoms with E-state index in [9.17, 15) is 9.59 Å². The number of aliphatic carboxylic acids is 1. The van der Waals surface area contributed by atoms with Crippen LogP contribution >= 0.6 is 23.2 Å². The Balaban J connectivity index is 2.30. The quantitative estimate of drug-likeness (QED) is 0.845. The number of rotatable bonds is 6. The van der Waals surface area contributed by atoms with Crippen LogP contribution in [-0.4, -0.2) is 44.3 Å². The predicted molar refractivity (Wildman–Crippen MR) is 92.0 cm³/mol. The number of carboxylic acid groups (broad SMARTS) is 1. The molecule has 0 spiro atoms. The molecule has 0 fully saturated rings. The maximum Gasteiger partial charge on any atom is 0.323 e. The monoisotopic (exact) mass is 369 g/mol. The summed E-state index contributed by atoms with van der Waals surface area (Å²) in [5.74, 6) is -1.44. The first-order valence-electron chi connectivity index (χ1n) is 7.36. The number of halogens is 2. The van der Waals surface area contributed by atoms with Crippen molar-refractivity contribution in [3.8, 4) is 5.69 Å². The topological polar surface area (TPSA) is 75.4 Å². The number of carbonyl (C=O) groups is 2. The lowest BCUT2D eigenvalue weighted by Crippen LogP contribution is -2.41. The lowest BCUT2D eigenvalue weighted by molar-refractivity contribution is -0.138. The van der Waals surface area contributed by atoms with Gasteiger partial charge in [0.1, 0.15) is 6.54 Å². The molecule has 1 aromatic heterocycles. The van der Waals surface area contributed by atoms with Crippen molar-refractivity contribution in [1.82, 2.24) is 14.7 Å². The molecule has 1 aromatic carbocycles. The zero-order chi connectivity index (χ0) is 17.9. The first kappa shape index (κ1) is 18.3. The van der Waals surface area contributed by atoms with Crippen LogP contribution in [0.15, 0.2) is 30.6 Å². The first-order valence-corrected chi connectivity index (χ1v) is 8.12. The molecule has 1 N–H and O–H groups in total. The zero-order valence-electron chi connectivity index (χ0n) is 13.2. The maximum absolute atomic E-state index is 12.6. The summed E-state index contributed by atoms with van der Waals surface area (Å²) in [7, 11) is 0. The lowest BCUT2D eigenvalue weighted by atomic mass is 10.2. The Hall–Kier alpha value is -2.05. The van der Waals surface area contributed by atoms with Crippen LogP contribution in [0, 0.1) is 0 Å². The largest absolute Gasteiger partial charge is 0.480 e. The Morgan fingerprint density at radius 2 is 2.08 bits per heavy atom. The highest BCUT2D eigenvalue weighted by molar-refractivity contribution is 6.35. The van der Waals surface area contributed by atoms with Crippen molar-refractivity contribution in [2.24, 2.45) is 0 Å². The molecule has 6 nitrogen and oxygen atoms in total. The molecule has 0 saturated carbocycles. The fourth-order valence-electron chi connectivity index (χ4n) is 2.19. The molecule has 1 atom stereocenters. The first-order chi connectivity index (χ1) is 11.3. The number of aromatic nitrogens is 2. The molecule has 1 heterocycles. The van der Waals surface area contributed by atoms with Gasteiger partial charge < -0.3 is 10.0 Å². The van der Waals surface area contributed by atoms with Gasteiger partial charge in [-0.3, -0.25) is 9.59 Å². The molecular weight excluding hydrogens is 353 g/mol. The number of nitrogens with zero attached hydrogens (tertiary/aromatic N) is 3. The van der Waals surface area contributed by atoms with E-state index < -0.39 is 5.97 Å². The number of carbonyl (C=O) groups excluding carboxylic acids is 1.